The predicted molar refractivity (Wildman–Crippen MR) is 55.6 cm³/mol. The quantitative estimate of drug-likeness (QED) is 0.602. The molecule has 82 valence electrons. The second kappa shape index (κ2) is 3.58. The monoisotopic (exact) mass is 218 g/mol. The van der Waals surface area contributed by atoms with E-state index in [1.807, 2.05) is 0 Å². The summed E-state index contributed by atoms with van der Waals surface area (Å²) in [5, 5.41) is 28.8. The fourth-order valence-corrected chi connectivity index (χ4v) is 2.04. The van der Waals surface area contributed by atoms with Crippen molar-refractivity contribution in [2.45, 2.75) is 24.4 Å². The van der Waals surface area contributed by atoms with Gasteiger partial charge >= 0.3 is 0 Å². The number of aliphatic hydroxyl groups excluding tert-OH is 1. The number of hydrogen-bond acceptors (Lipinski definition) is 4. The van der Waals surface area contributed by atoms with Crippen molar-refractivity contribution in [3.05, 3.63) is 39.9 Å². The van der Waals surface area contributed by atoms with E-state index >= 15 is 0 Å². The Morgan fingerprint density at radius 1 is 1.44 bits per heavy atom. The highest BCUT2D eigenvalue weighted by Crippen LogP contribution is 2.43. The summed E-state index contributed by atoms with van der Waals surface area (Å²) in [6, 6.07) is 8.14. The van der Waals surface area contributed by atoms with Crippen LogP contribution in [0.2, 0.25) is 0 Å². The number of nitro benzene ring substituents is 1. The van der Waals surface area contributed by atoms with Gasteiger partial charge in [-0.1, -0.05) is 12.1 Å². The van der Waals surface area contributed by atoms with Gasteiger partial charge in [-0.2, -0.15) is 5.26 Å². The Hall–Kier alpha value is -1.93. The first-order chi connectivity index (χ1) is 7.57. The van der Waals surface area contributed by atoms with Crippen molar-refractivity contribution >= 4 is 5.69 Å². The maximum Gasteiger partial charge on any atom is 0.269 e. The molecule has 0 atom stereocenters. The van der Waals surface area contributed by atoms with Gasteiger partial charge < -0.3 is 5.11 Å². The lowest BCUT2D eigenvalue weighted by Crippen LogP contribution is -2.43. The SMILES string of the molecule is N#CC1(c2ccc([N+](=O)[O-])cc2)CC(O)C1. The minimum absolute atomic E-state index is 0.0108. The Bertz CT molecular complexity index is 455. The molecule has 1 aliphatic carbocycles. The lowest BCUT2D eigenvalue weighted by Gasteiger charge is -2.39. The van der Waals surface area contributed by atoms with E-state index in [4.69, 9.17) is 5.26 Å². The second-order valence-electron chi connectivity index (χ2n) is 4.06. The summed E-state index contributed by atoms with van der Waals surface area (Å²) in [5.41, 5.74) is 0.0942. The Morgan fingerprint density at radius 3 is 2.38 bits per heavy atom. The first-order valence-corrected chi connectivity index (χ1v) is 4.92. The van der Waals surface area contributed by atoms with Gasteiger partial charge in [0.25, 0.3) is 5.69 Å². The van der Waals surface area contributed by atoms with Crippen molar-refractivity contribution < 1.29 is 10.0 Å². The first kappa shape index (κ1) is 10.6. The van der Waals surface area contributed by atoms with E-state index in [0.29, 0.717) is 12.8 Å². The second-order valence-corrected chi connectivity index (χ2v) is 4.06. The highest BCUT2D eigenvalue weighted by atomic mass is 16.6. The maximum atomic E-state index is 10.5. The molecule has 16 heavy (non-hydrogen) atoms. The summed E-state index contributed by atoms with van der Waals surface area (Å²) in [7, 11) is 0. The number of non-ortho nitro benzene ring substituents is 1. The Balaban J connectivity index is 2.29. The summed E-state index contributed by atoms with van der Waals surface area (Å²) in [6.07, 6.45) is 0.373. The average molecular weight is 218 g/mol. The molecule has 1 aromatic carbocycles. The molecule has 0 saturated heterocycles. The van der Waals surface area contributed by atoms with E-state index in [2.05, 4.69) is 6.07 Å². The van der Waals surface area contributed by atoms with Crippen molar-refractivity contribution in [1.82, 2.24) is 0 Å². The van der Waals surface area contributed by atoms with Gasteiger partial charge in [0.1, 0.15) is 0 Å². The zero-order valence-electron chi connectivity index (χ0n) is 8.46. The van der Waals surface area contributed by atoms with E-state index in [1.165, 1.54) is 12.1 Å². The number of nitriles is 1. The van der Waals surface area contributed by atoms with Crippen LogP contribution >= 0.6 is 0 Å². The van der Waals surface area contributed by atoms with Gasteiger partial charge in [0.2, 0.25) is 0 Å². The Labute approximate surface area is 92.1 Å². The summed E-state index contributed by atoms with van der Waals surface area (Å²) >= 11 is 0. The molecular weight excluding hydrogens is 208 g/mol. The Kier molecular flexibility index (Phi) is 2.37. The van der Waals surface area contributed by atoms with Gasteiger partial charge in [-0.15, -0.1) is 0 Å². The summed E-state index contributed by atoms with van der Waals surface area (Å²) < 4.78 is 0. The molecule has 0 amide bonds. The fourth-order valence-electron chi connectivity index (χ4n) is 2.04. The van der Waals surface area contributed by atoms with Crippen LogP contribution in [-0.2, 0) is 5.41 Å². The lowest BCUT2D eigenvalue weighted by molar-refractivity contribution is -0.384. The molecule has 0 heterocycles. The molecule has 1 saturated carbocycles. The molecule has 0 aliphatic heterocycles. The molecule has 1 N–H and O–H groups in total. The number of benzene rings is 1. The van der Waals surface area contributed by atoms with Crippen LogP contribution in [0.25, 0.3) is 0 Å². The molecular formula is C11H10N2O3. The van der Waals surface area contributed by atoms with Gasteiger partial charge in [-0.25, -0.2) is 0 Å². The van der Waals surface area contributed by atoms with E-state index in [1.54, 1.807) is 12.1 Å². The third-order valence-electron chi connectivity index (χ3n) is 3.01. The number of aliphatic hydroxyl groups is 1. The average Bonchev–Trinajstić information content (AvgIpc) is 2.24. The highest BCUT2D eigenvalue weighted by molar-refractivity contribution is 5.41. The van der Waals surface area contributed by atoms with Crippen LogP contribution in [0.4, 0.5) is 5.69 Å². The van der Waals surface area contributed by atoms with Crippen LogP contribution < -0.4 is 0 Å². The minimum Gasteiger partial charge on any atom is -0.393 e. The molecule has 0 spiro atoms. The molecule has 0 bridgehead atoms. The largest absolute Gasteiger partial charge is 0.393 e. The molecule has 1 aliphatic rings. The Morgan fingerprint density at radius 2 is 2.00 bits per heavy atom. The van der Waals surface area contributed by atoms with E-state index in [9.17, 15) is 15.2 Å². The molecule has 5 nitrogen and oxygen atoms in total. The highest BCUT2D eigenvalue weighted by Gasteiger charge is 2.45. The molecule has 0 aromatic heterocycles. The number of hydrogen-bond donors (Lipinski definition) is 1. The van der Waals surface area contributed by atoms with E-state index in [0.717, 1.165) is 5.56 Å². The number of nitrogens with zero attached hydrogens (tertiary/aromatic N) is 2. The van der Waals surface area contributed by atoms with Gasteiger partial charge in [0.05, 0.1) is 22.5 Å². The van der Waals surface area contributed by atoms with Crippen LogP contribution in [0.1, 0.15) is 18.4 Å². The molecule has 2 rings (SSSR count). The van der Waals surface area contributed by atoms with Crippen LogP contribution in [0, 0.1) is 21.4 Å². The van der Waals surface area contributed by atoms with Gasteiger partial charge in [0.15, 0.2) is 0 Å². The van der Waals surface area contributed by atoms with Crippen molar-refractivity contribution in [1.29, 1.82) is 5.26 Å². The smallest absolute Gasteiger partial charge is 0.269 e. The normalized spacial score (nSPS) is 27.9. The maximum absolute atomic E-state index is 10.5. The van der Waals surface area contributed by atoms with Gasteiger partial charge in [0, 0.05) is 12.1 Å². The standard InChI is InChI=1S/C11H10N2O3/c12-7-11(5-10(14)6-11)8-1-3-9(4-2-8)13(15)16/h1-4,10,14H,5-6H2. The zero-order chi connectivity index (χ0) is 11.8. The molecule has 1 fully saturated rings. The summed E-state index contributed by atoms with van der Waals surface area (Å²) in [4.78, 5) is 9.99. The molecule has 0 radical (unpaired) electrons. The van der Waals surface area contributed by atoms with Crippen molar-refractivity contribution in [3.63, 3.8) is 0 Å². The third-order valence-corrected chi connectivity index (χ3v) is 3.01. The third kappa shape index (κ3) is 1.53. The number of nitro groups is 1. The minimum atomic E-state index is -0.658. The van der Waals surface area contributed by atoms with Gasteiger partial charge in [-0.3, -0.25) is 10.1 Å². The van der Waals surface area contributed by atoms with Crippen LogP contribution in [0.3, 0.4) is 0 Å². The van der Waals surface area contributed by atoms with E-state index < -0.39 is 16.4 Å². The zero-order valence-corrected chi connectivity index (χ0v) is 8.46. The van der Waals surface area contributed by atoms with Crippen molar-refractivity contribution in [3.8, 4) is 6.07 Å². The topological polar surface area (TPSA) is 87.2 Å². The lowest BCUT2D eigenvalue weighted by atomic mass is 9.64. The molecule has 0 unspecified atom stereocenters. The molecule has 5 heteroatoms. The molecule has 1 aromatic rings. The van der Waals surface area contributed by atoms with E-state index in [-0.39, 0.29) is 5.69 Å². The summed E-state index contributed by atoms with van der Waals surface area (Å²) in [5.74, 6) is 0. The van der Waals surface area contributed by atoms with Crippen LogP contribution in [-0.4, -0.2) is 16.1 Å². The first-order valence-electron chi connectivity index (χ1n) is 4.92. The van der Waals surface area contributed by atoms with Gasteiger partial charge in [-0.05, 0) is 18.4 Å². The van der Waals surface area contributed by atoms with Crippen LogP contribution in [0.15, 0.2) is 24.3 Å². The van der Waals surface area contributed by atoms with Crippen molar-refractivity contribution in [2.24, 2.45) is 0 Å². The van der Waals surface area contributed by atoms with Crippen molar-refractivity contribution in [2.75, 3.05) is 0 Å². The fraction of sp³-hybridized carbons (Fsp3) is 0.364. The van der Waals surface area contributed by atoms with Crippen LogP contribution in [0.5, 0.6) is 0 Å². The number of rotatable bonds is 2. The summed E-state index contributed by atoms with van der Waals surface area (Å²) in [6.45, 7) is 0. The predicted octanol–water partition coefficient (Wildman–Crippen LogP) is 1.51.